The minimum absolute atomic E-state index is 0.334. The van der Waals surface area contributed by atoms with Gasteiger partial charge in [-0.15, -0.1) is 0 Å². The highest BCUT2D eigenvalue weighted by atomic mass is 16.6. The largest absolute Gasteiger partial charge is 0.402 e. The van der Waals surface area contributed by atoms with E-state index in [4.69, 9.17) is 4.74 Å². The Bertz CT molecular complexity index is 743. The fraction of sp³-hybridized carbons (Fsp3) is 0.200. The zero-order chi connectivity index (χ0) is 16.1. The number of aryl methyl sites for hydroxylation is 1. The Hall–Kier alpha value is -2.68. The molecule has 0 unspecified atom stereocenters. The Labute approximate surface area is 136 Å². The molecular weight excluding hydrogens is 286 g/mol. The van der Waals surface area contributed by atoms with Gasteiger partial charge in [0.1, 0.15) is 0 Å². The van der Waals surface area contributed by atoms with E-state index in [0.717, 1.165) is 17.5 Å². The Morgan fingerprint density at radius 1 is 1.04 bits per heavy atom. The number of hydrogen-bond acceptors (Lipinski definition) is 3. The Balaban J connectivity index is 1.80. The molecule has 0 bridgehead atoms. The van der Waals surface area contributed by atoms with Crippen LogP contribution in [0.4, 0.5) is 0 Å². The number of esters is 1. The van der Waals surface area contributed by atoms with E-state index in [0.29, 0.717) is 11.6 Å². The summed E-state index contributed by atoms with van der Waals surface area (Å²) in [6.07, 6.45) is 5.17. The molecule has 1 aliphatic rings. The summed E-state index contributed by atoms with van der Waals surface area (Å²) in [5.74, 6) is -0.0295. The van der Waals surface area contributed by atoms with Crippen LogP contribution in [-0.4, -0.2) is 11.9 Å². The second kappa shape index (κ2) is 7.05. The van der Waals surface area contributed by atoms with Crippen LogP contribution in [0.15, 0.2) is 65.3 Å². The van der Waals surface area contributed by atoms with Gasteiger partial charge in [0.25, 0.3) is 0 Å². The standard InChI is InChI=1S/C20H19NO2/c1-2-3-7-15-10-12-17(13-11-15)19-21-18(20(22)23-19)14-16-8-5-4-6-9-16/h4-6,8-14H,2-3,7H2,1H3. The normalized spacial score (nSPS) is 15.6. The molecule has 0 N–H and O–H groups in total. The zero-order valence-corrected chi connectivity index (χ0v) is 13.2. The van der Waals surface area contributed by atoms with E-state index in [-0.39, 0.29) is 0 Å². The molecule has 0 atom stereocenters. The van der Waals surface area contributed by atoms with Crippen molar-refractivity contribution in [2.24, 2.45) is 4.99 Å². The minimum atomic E-state index is -0.404. The third kappa shape index (κ3) is 3.75. The van der Waals surface area contributed by atoms with Crippen molar-refractivity contribution < 1.29 is 9.53 Å². The molecule has 1 heterocycles. The fourth-order valence-electron chi connectivity index (χ4n) is 2.43. The molecule has 2 aromatic carbocycles. The summed E-state index contributed by atoms with van der Waals surface area (Å²) in [5, 5.41) is 0. The third-order valence-electron chi connectivity index (χ3n) is 3.74. The molecule has 3 rings (SSSR count). The highest BCUT2D eigenvalue weighted by Gasteiger charge is 2.23. The molecular formula is C20H19NO2. The van der Waals surface area contributed by atoms with Gasteiger partial charge in [0.05, 0.1) is 0 Å². The van der Waals surface area contributed by atoms with Gasteiger partial charge in [-0.05, 0) is 42.2 Å². The molecule has 3 nitrogen and oxygen atoms in total. The molecule has 0 aromatic heterocycles. The number of ether oxygens (including phenoxy) is 1. The van der Waals surface area contributed by atoms with Crippen LogP contribution in [0.25, 0.3) is 6.08 Å². The van der Waals surface area contributed by atoms with E-state index in [2.05, 4.69) is 24.0 Å². The number of unbranched alkanes of at least 4 members (excludes halogenated alkanes) is 1. The van der Waals surface area contributed by atoms with Gasteiger partial charge in [0.15, 0.2) is 5.70 Å². The first-order valence-corrected chi connectivity index (χ1v) is 7.93. The molecule has 0 fully saturated rings. The van der Waals surface area contributed by atoms with Crippen LogP contribution in [-0.2, 0) is 16.0 Å². The molecule has 116 valence electrons. The van der Waals surface area contributed by atoms with Crippen LogP contribution in [0.2, 0.25) is 0 Å². The van der Waals surface area contributed by atoms with Crippen molar-refractivity contribution in [1.29, 1.82) is 0 Å². The van der Waals surface area contributed by atoms with Gasteiger partial charge in [-0.1, -0.05) is 55.8 Å². The predicted molar refractivity (Wildman–Crippen MR) is 92.1 cm³/mol. The van der Waals surface area contributed by atoms with Crippen LogP contribution < -0.4 is 0 Å². The van der Waals surface area contributed by atoms with Crippen molar-refractivity contribution in [3.05, 3.63) is 77.0 Å². The lowest BCUT2D eigenvalue weighted by Crippen LogP contribution is -2.05. The van der Waals surface area contributed by atoms with Crippen molar-refractivity contribution in [3.63, 3.8) is 0 Å². The summed E-state index contributed by atoms with van der Waals surface area (Å²) in [6, 6.07) is 17.7. The van der Waals surface area contributed by atoms with Gasteiger partial charge in [-0.2, -0.15) is 0 Å². The van der Waals surface area contributed by atoms with Gasteiger partial charge in [0.2, 0.25) is 5.90 Å². The molecule has 2 aromatic rings. The number of nitrogens with zero attached hydrogens (tertiary/aromatic N) is 1. The maximum absolute atomic E-state index is 12.0. The molecule has 0 radical (unpaired) electrons. The number of rotatable bonds is 5. The van der Waals surface area contributed by atoms with Crippen LogP contribution in [0.3, 0.4) is 0 Å². The summed E-state index contributed by atoms with van der Waals surface area (Å²) >= 11 is 0. The zero-order valence-electron chi connectivity index (χ0n) is 13.2. The Morgan fingerprint density at radius 2 is 1.78 bits per heavy atom. The van der Waals surface area contributed by atoms with Crippen molar-refractivity contribution in [2.45, 2.75) is 26.2 Å². The Morgan fingerprint density at radius 3 is 2.48 bits per heavy atom. The lowest BCUT2D eigenvalue weighted by Gasteiger charge is -2.02. The average Bonchev–Trinajstić information content (AvgIpc) is 2.95. The van der Waals surface area contributed by atoms with Gasteiger partial charge in [-0.25, -0.2) is 9.79 Å². The highest BCUT2D eigenvalue weighted by Crippen LogP contribution is 2.19. The predicted octanol–water partition coefficient (Wildman–Crippen LogP) is 4.37. The molecule has 3 heteroatoms. The smallest absolute Gasteiger partial charge is 0.363 e. The second-order valence-corrected chi connectivity index (χ2v) is 5.55. The summed E-state index contributed by atoms with van der Waals surface area (Å²) in [7, 11) is 0. The monoisotopic (exact) mass is 305 g/mol. The SMILES string of the molecule is CCCCc1ccc(C2=NC(=Cc3ccccc3)C(=O)O2)cc1. The van der Waals surface area contributed by atoms with E-state index in [1.807, 2.05) is 42.5 Å². The molecule has 0 aliphatic carbocycles. The van der Waals surface area contributed by atoms with E-state index in [1.165, 1.54) is 18.4 Å². The van der Waals surface area contributed by atoms with Crippen LogP contribution >= 0.6 is 0 Å². The highest BCUT2D eigenvalue weighted by molar-refractivity contribution is 6.12. The molecule has 0 amide bonds. The van der Waals surface area contributed by atoms with Gasteiger partial charge in [0, 0.05) is 5.56 Å². The first-order chi connectivity index (χ1) is 11.3. The number of hydrogen-bond donors (Lipinski definition) is 0. The summed E-state index contributed by atoms with van der Waals surface area (Å²) in [6.45, 7) is 2.18. The number of carbonyl (C=O) groups is 1. The van der Waals surface area contributed by atoms with Gasteiger partial charge in [-0.3, -0.25) is 0 Å². The van der Waals surface area contributed by atoms with Crippen molar-refractivity contribution in [2.75, 3.05) is 0 Å². The quantitative estimate of drug-likeness (QED) is 0.607. The maximum Gasteiger partial charge on any atom is 0.363 e. The summed E-state index contributed by atoms with van der Waals surface area (Å²) in [4.78, 5) is 16.3. The number of aliphatic imine (C=N–C) groups is 1. The van der Waals surface area contributed by atoms with Crippen molar-refractivity contribution >= 4 is 17.9 Å². The fourth-order valence-corrected chi connectivity index (χ4v) is 2.43. The third-order valence-corrected chi connectivity index (χ3v) is 3.74. The van der Waals surface area contributed by atoms with Gasteiger partial charge < -0.3 is 4.74 Å². The van der Waals surface area contributed by atoms with Gasteiger partial charge >= 0.3 is 5.97 Å². The first kappa shape index (κ1) is 15.2. The van der Waals surface area contributed by atoms with Crippen LogP contribution in [0, 0.1) is 0 Å². The topological polar surface area (TPSA) is 38.7 Å². The average molecular weight is 305 g/mol. The minimum Gasteiger partial charge on any atom is -0.402 e. The number of carbonyl (C=O) groups excluding carboxylic acids is 1. The number of cyclic esters (lactones) is 1. The maximum atomic E-state index is 12.0. The van der Waals surface area contributed by atoms with Crippen molar-refractivity contribution in [1.82, 2.24) is 0 Å². The van der Waals surface area contributed by atoms with Crippen LogP contribution in [0.5, 0.6) is 0 Å². The second-order valence-electron chi connectivity index (χ2n) is 5.55. The first-order valence-electron chi connectivity index (χ1n) is 7.93. The number of benzene rings is 2. The van der Waals surface area contributed by atoms with E-state index >= 15 is 0 Å². The van der Waals surface area contributed by atoms with E-state index in [1.54, 1.807) is 6.08 Å². The van der Waals surface area contributed by atoms with E-state index in [9.17, 15) is 4.79 Å². The molecule has 0 spiro atoms. The lowest BCUT2D eigenvalue weighted by molar-refractivity contribution is -0.129. The Kier molecular flexibility index (Phi) is 4.67. The summed E-state index contributed by atoms with van der Waals surface area (Å²) in [5.41, 5.74) is 3.39. The van der Waals surface area contributed by atoms with E-state index < -0.39 is 5.97 Å². The molecule has 1 aliphatic heterocycles. The molecule has 0 saturated carbocycles. The molecule has 0 saturated heterocycles. The lowest BCUT2D eigenvalue weighted by atomic mass is 10.1. The van der Waals surface area contributed by atoms with Crippen molar-refractivity contribution in [3.8, 4) is 0 Å². The van der Waals surface area contributed by atoms with Crippen LogP contribution in [0.1, 0.15) is 36.5 Å². The molecule has 23 heavy (non-hydrogen) atoms. The summed E-state index contributed by atoms with van der Waals surface area (Å²) < 4.78 is 5.30.